The van der Waals surface area contributed by atoms with Crippen LogP contribution in [0.25, 0.3) is 0 Å². The molecule has 0 saturated carbocycles. The fourth-order valence-corrected chi connectivity index (χ4v) is 1.44. The molecule has 0 atom stereocenters. The smallest absolute Gasteiger partial charge is 0.224 e. The summed E-state index contributed by atoms with van der Waals surface area (Å²) >= 11 is 0. The summed E-state index contributed by atoms with van der Waals surface area (Å²) in [6.45, 7) is 7.30. The predicted molar refractivity (Wildman–Crippen MR) is 73.3 cm³/mol. The van der Waals surface area contributed by atoms with Crippen molar-refractivity contribution in [1.82, 2.24) is 0 Å². The minimum absolute atomic E-state index is 0.0791. The van der Waals surface area contributed by atoms with Crippen LogP contribution in [0.1, 0.15) is 33.6 Å². The zero-order chi connectivity index (χ0) is 12.7. The van der Waals surface area contributed by atoms with Crippen LogP contribution in [-0.4, -0.2) is 12.5 Å². The molecule has 2 N–H and O–H groups in total. The van der Waals surface area contributed by atoms with Crippen molar-refractivity contribution in [3.05, 3.63) is 24.3 Å². The molecule has 0 spiro atoms. The van der Waals surface area contributed by atoms with Gasteiger partial charge in [0.05, 0.1) is 0 Å². The van der Waals surface area contributed by atoms with Gasteiger partial charge in [0.25, 0.3) is 0 Å². The van der Waals surface area contributed by atoms with E-state index in [1.54, 1.807) is 0 Å². The molecule has 0 heterocycles. The first-order valence-corrected chi connectivity index (χ1v) is 6.25. The molecule has 1 rings (SSSR count). The molecule has 94 valence electrons. The summed E-state index contributed by atoms with van der Waals surface area (Å²) in [6, 6.07) is 7.83. The Morgan fingerprint density at radius 1 is 1.18 bits per heavy atom. The van der Waals surface area contributed by atoms with E-state index in [4.69, 9.17) is 0 Å². The van der Waals surface area contributed by atoms with E-state index in [9.17, 15) is 4.79 Å². The first kappa shape index (κ1) is 13.6. The van der Waals surface area contributed by atoms with Crippen LogP contribution < -0.4 is 10.6 Å². The Morgan fingerprint density at radius 2 is 1.76 bits per heavy atom. The number of hydrogen-bond donors (Lipinski definition) is 2. The Bertz CT molecular complexity index is 344. The van der Waals surface area contributed by atoms with E-state index in [2.05, 4.69) is 24.5 Å². The number of amides is 1. The van der Waals surface area contributed by atoms with Crippen LogP contribution in [0.15, 0.2) is 24.3 Å². The zero-order valence-electron chi connectivity index (χ0n) is 10.9. The molecule has 0 aliphatic rings. The van der Waals surface area contributed by atoms with Crippen LogP contribution in [0.4, 0.5) is 11.4 Å². The van der Waals surface area contributed by atoms with E-state index in [1.807, 2.05) is 31.2 Å². The quantitative estimate of drug-likeness (QED) is 0.791. The molecule has 0 unspecified atom stereocenters. The van der Waals surface area contributed by atoms with Gasteiger partial charge in [-0.05, 0) is 36.6 Å². The highest BCUT2D eigenvalue weighted by atomic mass is 16.1. The van der Waals surface area contributed by atoms with Crippen molar-refractivity contribution in [3.63, 3.8) is 0 Å². The van der Waals surface area contributed by atoms with Gasteiger partial charge >= 0.3 is 0 Å². The van der Waals surface area contributed by atoms with Crippen molar-refractivity contribution in [2.45, 2.75) is 33.6 Å². The summed E-state index contributed by atoms with van der Waals surface area (Å²) in [4.78, 5) is 11.4. The van der Waals surface area contributed by atoms with Crippen molar-refractivity contribution in [3.8, 4) is 0 Å². The Kier molecular flexibility index (Phi) is 5.53. The van der Waals surface area contributed by atoms with E-state index in [1.165, 1.54) is 0 Å². The molecule has 17 heavy (non-hydrogen) atoms. The average Bonchev–Trinajstić information content (AvgIpc) is 2.28. The molecule has 1 amide bonds. The molecular weight excluding hydrogens is 212 g/mol. The second-order valence-corrected chi connectivity index (χ2v) is 4.65. The van der Waals surface area contributed by atoms with Crippen LogP contribution in [0, 0.1) is 5.92 Å². The Labute approximate surface area is 104 Å². The second kappa shape index (κ2) is 6.94. The molecule has 0 bridgehead atoms. The Morgan fingerprint density at radius 3 is 2.29 bits per heavy atom. The minimum Gasteiger partial charge on any atom is -0.385 e. The first-order valence-electron chi connectivity index (χ1n) is 6.25. The highest BCUT2D eigenvalue weighted by Crippen LogP contribution is 2.14. The lowest BCUT2D eigenvalue weighted by atomic mass is 10.2. The average molecular weight is 234 g/mol. The van der Waals surface area contributed by atoms with Gasteiger partial charge in [0.2, 0.25) is 5.91 Å². The normalized spacial score (nSPS) is 10.4. The summed E-state index contributed by atoms with van der Waals surface area (Å²) in [7, 11) is 0. The molecule has 3 heteroatoms. The summed E-state index contributed by atoms with van der Waals surface area (Å²) in [6.07, 6.45) is 1.45. The van der Waals surface area contributed by atoms with Crippen LogP contribution >= 0.6 is 0 Å². The summed E-state index contributed by atoms with van der Waals surface area (Å²) in [5.41, 5.74) is 1.95. The second-order valence-electron chi connectivity index (χ2n) is 4.65. The lowest BCUT2D eigenvalue weighted by molar-refractivity contribution is -0.116. The third-order valence-electron chi connectivity index (χ3n) is 2.36. The number of hydrogen-bond acceptors (Lipinski definition) is 2. The molecule has 0 fully saturated rings. The van der Waals surface area contributed by atoms with Gasteiger partial charge in [-0.25, -0.2) is 0 Å². The van der Waals surface area contributed by atoms with Gasteiger partial charge in [-0.1, -0.05) is 20.8 Å². The van der Waals surface area contributed by atoms with Gasteiger partial charge in [-0.2, -0.15) is 0 Å². The Hall–Kier alpha value is -1.51. The SMILES string of the molecule is CCCC(=O)Nc1ccc(NCC(C)C)cc1. The van der Waals surface area contributed by atoms with Gasteiger partial charge in [0.1, 0.15) is 0 Å². The maximum Gasteiger partial charge on any atom is 0.224 e. The molecule has 1 aromatic rings. The lowest BCUT2D eigenvalue weighted by Crippen LogP contribution is -2.11. The van der Waals surface area contributed by atoms with Gasteiger partial charge in [0, 0.05) is 24.3 Å². The summed E-state index contributed by atoms with van der Waals surface area (Å²) in [5.74, 6) is 0.703. The molecule has 3 nitrogen and oxygen atoms in total. The number of carbonyl (C=O) groups is 1. The van der Waals surface area contributed by atoms with Gasteiger partial charge in [0.15, 0.2) is 0 Å². The van der Waals surface area contributed by atoms with Crippen molar-refractivity contribution in [2.24, 2.45) is 5.92 Å². The maximum absolute atomic E-state index is 11.4. The summed E-state index contributed by atoms with van der Waals surface area (Å²) in [5, 5.41) is 6.21. The molecule has 0 saturated heterocycles. The Balaban J connectivity index is 2.47. The van der Waals surface area contributed by atoms with E-state index >= 15 is 0 Å². The van der Waals surface area contributed by atoms with Crippen LogP contribution in [-0.2, 0) is 4.79 Å². The standard InChI is InChI=1S/C14H22N2O/c1-4-5-14(17)16-13-8-6-12(7-9-13)15-10-11(2)3/h6-9,11,15H,4-5,10H2,1-3H3,(H,16,17). The first-order chi connectivity index (χ1) is 8.11. The third-order valence-corrected chi connectivity index (χ3v) is 2.36. The molecule has 0 aliphatic carbocycles. The molecule has 0 radical (unpaired) electrons. The number of benzene rings is 1. The van der Waals surface area contributed by atoms with Gasteiger partial charge in [-0.3, -0.25) is 4.79 Å². The number of anilines is 2. The summed E-state index contributed by atoms with van der Waals surface area (Å²) < 4.78 is 0. The zero-order valence-corrected chi connectivity index (χ0v) is 10.9. The van der Waals surface area contributed by atoms with Crippen molar-refractivity contribution >= 4 is 17.3 Å². The van der Waals surface area contributed by atoms with Crippen molar-refractivity contribution in [2.75, 3.05) is 17.2 Å². The lowest BCUT2D eigenvalue weighted by Gasteiger charge is -2.10. The largest absolute Gasteiger partial charge is 0.385 e. The predicted octanol–water partition coefficient (Wildman–Crippen LogP) is 3.49. The van der Waals surface area contributed by atoms with Gasteiger partial charge in [-0.15, -0.1) is 0 Å². The van der Waals surface area contributed by atoms with E-state index < -0.39 is 0 Å². The molecule has 0 aromatic heterocycles. The van der Waals surface area contributed by atoms with Gasteiger partial charge < -0.3 is 10.6 Å². The van der Waals surface area contributed by atoms with Crippen molar-refractivity contribution in [1.29, 1.82) is 0 Å². The highest BCUT2D eigenvalue weighted by molar-refractivity contribution is 5.90. The topological polar surface area (TPSA) is 41.1 Å². The number of carbonyl (C=O) groups excluding carboxylic acids is 1. The molecular formula is C14H22N2O. The van der Waals surface area contributed by atoms with Crippen LogP contribution in [0.5, 0.6) is 0 Å². The number of nitrogens with one attached hydrogen (secondary N) is 2. The number of rotatable bonds is 6. The minimum atomic E-state index is 0.0791. The van der Waals surface area contributed by atoms with E-state index in [-0.39, 0.29) is 5.91 Å². The van der Waals surface area contributed by atoms with Crippen LogP contribution in [0.2, 0.25) is 0 Å². The van der Waals surface area contributed by atoms with E-state index in [0.29, 0.717) is 12.3 Å². The van der Waals surface area contributed by atoms with Crippen LogP contribution in [0.3, 0.4) is 0 Å². The van der Waals surface area contributed by atoms with Crippen molar-refractivity contribution < 1.29 is 4.79 Å². The third kappa shape index (κ3) is 5.38. The molecule has 0 aliphatic heterocycles. The fraction of sp³-hybridized carbons (Fsp3) is 0.500. The highest BCUT2D eigenvalue weighted by Gasteiger charge is 2.00. The maximum atomic E-state index is 11.4. The van der Waals surface area contributed by atoms with E-state index in [0.717, 1.165) is 24.3 Å². The molecule has 1 aromatic carbocycles. The monoisotopic (exact) mass is 234 g/mol. The fourth-order valence-electron chi connectivity index (χ4n) is 1.44.